The van der Waals surface area contributed by atoms with Crippen molar-refractivity contribution < 1.29 is 41.8 Å². The molecule has 1 aliphatic rings. The largest absolute Gasteiger partial charge is 0.573 e. The molecule has 10 nitrogen and oxygen atoms in total. The van der Waals surface area contributed by atoms with Crippen molar-refractivity contribution >= 4 is 29.4 Å². The van der Waals surface area contributed by atoms with Gasteiger partial charge in [-0.3, -0.25) is 4.79 Å². The Balaban J connectivity index is 1.40. The van der Waals surface area contributed by atoms with Crippen molar-refractivity contribution in [1.29, 1.82) is 0 Å². The van der Waals surface area contributed by atoms with Crippen molar-refractivity contribution in [2.24, 2.45) is 0 Å². The average Bonchev–Trinajstić information content (AvgIpc) is 3.50. The zero-order chi connectivity index (χ0) is 27.6. The van der Waals surface area contributed by atoms with Crippen molar-refractivity contribution in [3.05, 3.63) is 65.6 Å². The Morgan fingerprint density at radius 1 is 1.11 bits per heavy atom. The van der Waals surface area contributed by atoms with Gasteiger partial charge in [0.25, 0.3) is 0 Å². The van der Waals surface area contributed by atoms with Gasteiger partial charge >= 0.3 is 18.4 Å². The number of alkyl halides is 3. The number of carboxylic acid groups (broad SMARTS) is 1. The van der Waals surface area contributed by atoms with Crippen molar-refractivity contribution in [3.8, 4) is 11.4 Å². The van der Waals surface area contributed by atoms with E-state index in [2.05, 4.69) is 20.5 Å². The molecule has 3 N–H and O–H groups in total. The highest BCUT2D eigenvalue weighted by atomic mass is 19.4. The first kappa shape index (κ1) is 26.4. The van der Waals surface area contributed by atoms with Gasteiger partial charge in [-0.1, -0.05) is 0 Å². The summed E-state index contributed by atoms with van der Waals surface area (Å²) < 4.78 is 56.4. The van der Waals surface area contributed by atoms with Crippen molar-refractivity contribution in [2.45, 2.75) is 32.2 Å². The van der Waals surface area contributed by atoms with Crippen LogP contribution in [0.25, 0.3) is 5.69 Å². The van der Waals surface area contributed by atoms with E-state index in [4.69, 9.17) is 5.11 Å². The zero-order valence-electron chi connectivity index (χ0n) is 19.8. The quantitative estimate of drug-likeness (QED) is 0.398. The number of carbonyl (C=O) groups is 3. The molecule has 0 saturated carbocycles. The molecule has 4 rings (SSSR count). The van der Waals surface area contributed by atoms with Gasteiger partial charge in [-0.15, -0.1) is 18.3 Å². The molecule has 200 valence electrons. The van der Waals surface area contributed by atoms with Crippen molar-refractivity contribution in [2.75, 3.05) is 17.2 Å². The van der Waals surface area contributed by atoms with E-state index in [1.54, 1.807) is 0 Å². The molecule has 2 heterocycles. The van der Waals surface area contributed by atoms with Crippen LogP contribution in [-0.4, -0.2) is 56.6 Å². The lowest BCUT2D eigenvalue weighted by Gasteiger charge is -2.24. The molecule has 0 bridgehead atoms. The molecule has 3 amide bonds. The number of hydrogen-bond acceptors (Lipinski definition) is 5. The van der Waals surface area contributed by atoms with Crippen LogP contribution < -0.4 is 15.4 Å². The molecular weight excluding hydrogens is 514 g/mol. The first-order chi connectivity index (χ1) is 17.9. The van der Waals surface area contributed by atoms with Crippen LogP contribution in [0.4, 0.5) is 33.9 Å². The summed E-state index contributed by atoms with van der Waals surface area (Å²) in [4.78, 5) is 38.1. The number of nitrogens with zero attached hydrogens (tertiary/aromatic N) is 3. The Hall–Kier alpha value is -4.62. The zero-order valence-corrected chi connectivity index (χ0v) is 19.8. The lowest BCUT2D eigenvalue weighted by atomic mass is 10.1. The second-order valence-electron chi connectivity index (χ2n) is 8.41. The van der Waals surface area contributed by atoms with E-state index in [1.807, 2.05) is 0 Å². The van der Waals surface area contributed by atoms with Gasteiger partial charge in [0.2, 0.25) is 5.91 Å². The molecule has 1 fully saturated rings. The second kappa shape index (κ2) is 10.4. The predicted molar refractivity (Wildman–Crippen MR) is 126 cm³/mol. The molecule has 1 aromatic heterocycles. The molecule has 14 heteroatoms. The highest BCUT2D eigenvalue weighted by Gasteiger charge is 2.35. The number of aryl methyl sites for hydroxylation is 1. The fourth-order valence-corrected chi connectivity index (χ4v) is 4.02. The summed E-state index contributed by atoms with van der Waals surface area (Å²) >= 11 is 0. The molecule has 1 aliphatic heterocycles. The number of aromatic carboxylic acids is 1. The number of ether oxygens (including phenoxy) is 1. The fraction of sp³-hybridized carbons (Fsp3) is 0.250. The van der Waals surface area contributed by atoms with E-state index in [9.17, 15) is 31.9 Å². The standard InChI is InChI=1S/C24H21F4N5O5/c1-13-11-19(17(25)12-16(13)22(35)36)33-10-8-20(31-33)30-21(34)18-3-2-9-32(18)23(37)29-14-4-6-15(7-5-14)38-24(26,27)28/h4-8,10-12,18H,2-3,9H2,1H3,(H,29,37)(H,35,36)(H,30,31,34)/t18-/m0/s1. The first-order valence-electron chi connectivity index (χ1n) is 11.2. The van der Waals surface area contributed by atoms with Gasteiger partial charge in [-0.05, 0) is 61.7 Å². The number of carboxylic acids is 1. The maximum atomic E-state index is 14.5. The molecule has 1 saturated heterocycles. The number of aromatic nitrogens is 2. The van der Waals surface area contributed by atoms with Crippen LogP contribution in [0.3, 0.4) is 0 Å². The average molecular weight is 535 g/mol. The number of halogens is 4. The Labute approximate surface area is 212 Å². The van der Waals surface area contributed by atoms with E-state index in [0.717, 1.165) is 22.9 Å². The van der Waals surface area contributed by atoms with Crippen molar-refractivity contribution in [1.82, 2.24) is 14.7 Å². The lowest BCUT2D eigenvalue weighted by molar-refractivity contribution is -0.274. The molecule has 0 aliphatic carbocycles. The summed E-state index contributed by atoms with van der Waals surface area (Å²) in [6.07, 6.45) is -2.55. The van der Waals surface area contributed by atoms with E-state index in [1.165, 1.54) is 42.3 Å². The number of nitrogens with one attached hydrogen (secondary N) is 2. The third-order valence-corrected chi connectivity index (χ3v) is 5.77. The Morgan fingerprint density at radius 2 is 1.82 bits per heavy atom. The maximum absolute atomic E-state index is 14.5. The summed E-state index contributed by atoms with van der Waals surface area (Å²) in [7, 11) is 0. The number of rotatable bonds is 6. The SMILES string of the molecule is Cc1cc(-n2ccc(NC(=O)[C@@H]3CCCN3C(=O)Nc3ccc(OC(F)(F)F)cc3)n2)c(F)cc1C(=O)O. The van der Waals surface area contributed by atoms with Crippen LogP contribution in [0, 0.1) is 12.7 Å². The molecule has 38 heavy (non-hydrogen) atoms. The summed E-state index contributed by atoms with van der Waals surface area (Å²) in [5, 5.41) is 18.4. The topological polar surface area (TPSA) is 126 Å². The summed E-state index contributed by atoms with van der Waals surface area (Å²) in [6.45, 7) is 1.79. The number of amides is 3. The summed E-state index contributed by atoms with van der Waals surface area (Å²) in [5.41, 5.74) is 0.337. The first-order valence-corrected chi connectivity index (χ1v) is 11.2. The number of likely N-dealkylation sites (tertiary alicyclic amines) is 1. The fourth-order valence-electron chi connectivity index (χ4n) is 4.02. The highest BCUT2D eigenvalue weighted by molar-refractivity contribution is 5.99. The number of hydrogen-bond donors (Lipinski definition) is 3. The monoisotopic (exact) mass is 535 g/mol. The van der Waals surface area contributed by atoms with Crippen molar-refractivity contribution in [3.63, 3.8) is 0 Å². The molecule has 2 aromatic carbocycles. The summed E-state index contributed by atoms with van der Waals surface area (Å²) in [6, 6.07) is 6.74. The second-order valence-corrected chi connectivity index (χ2v) is 8.41. The van der Waals surface area contributed by atoms with E-state index >= 15 is 0 Å². The molecular formula is C24H21F4N5O5. The third kappa shape index (κ3) is 6.02. The van der Waals surface area contributed by atoms with Crippen LogP contribution in [0.1, 0.15) is 28.8 Å². The van der Waals surface area contributed by atoms with Gasteiger partial charge in [-0.25, -0.2) is 18.7 Å². The maximum Gasteiger partial charge on any atom is 0.573 e. The Kier molecular flexibility index (Phi) is 7.23. The van der Waals surface area contributed by atoms with Crippen LogP contribution in [0.5, 0.6) is 5.75 Å². The minimum Gasteiger partial charge on any atom is -0.478 e. The predicted octanol–water partition coefficient (Wildman–Crippen LogP) is 4.55. The summed E-state index contributed by atoms with van der Waals surface area (Å²) in [5.74, 6) is -2.97. The van der Waals surface area contributed by atoms with Crippen LogP contribution in [0.15, 0.2) is 48.7 Å². The van der Waals surface area contributed by atoms with Gasteiger partial charge in [0.15, 0.2) is 5.82 Å². The van der Waals surface area contributed by atoms with E-state index < -0.39 is 41.9 Å². The van der Waals surface area contributed by atoms with E-state index in [0.29, 0.717) is 18.4 Å². The number of carbonyl (C=O) groups excluding carboxylic acids is 2. The van der Waals surface area contributed by atoms with Gasteiger partial charge in [0.1, 0.15) is 23.3 Å². The van der Waals surface area contributed by atoms with Crippen LogP contribution in [0.2, 0.25) is 0 Å². The Morgan fingerprint density at radius 3 is 2.47 bits per heavy atom. The van der Waals surface area contributed by atoms with Crippen LogP contribution in [-0.2, 0) is 4.79 Å². The smallest absolute Gasteiger partial charge is 0.478 e. The molecule has 0 radical (unpaired) electrons. The van der Waals surface area contributed by atoms with E-state index in [-0.39, 0.29) is 29.3 Å². The number of anilines is 2. The highest BCUT2D eigenvalue weighted by Crippen LogP contribution is 2.26. The Bertz CT molecular complexity index is 1370. The molecule has 3 aromatic rings. The van der Waals surface area contributed by atoms with Gasteiger partial charge in [-0.2, -0.15) is 0 Å². The minimum absolute atomic E-state index is 0.0125. The molecule has 0 spiro atoms. The van der Waals surface area contributed by atoms with Crippen LogP contribution >= 0.6 is 0 Å². The normalized spacial score (nSPS) is 15.3. The van der Waals surface area contributed by atoms with Gasteiger partial charge in [0.05, 0.1) is 5.56 Å². The third-order valence-electron chi connectivity index (χ3n) is 5.77. The lowest BCUT2D eigenvalue weighted by Crippen LogP contribution is -2.45. The van der Waals surface area contributed by atoms with Gasteiger partial charge < -0.3 is 25.4 Å². The number of benzene rings is 2. The minimum atomic E-state index is -4.84. The van der Waals surface area contributed by atoms with Gasteiger partial charge in [0, 0.05) is 24.5 Å². The molecule has 1 atom stereocenters. The molecule has 0 unspecified atom stereocenters. The number of urea groups is 1.